The zero-order valence-electron chi connectivity index (χ0n) is 15.9. The third-order valence-corrected chi connectivity index (χ3v) is 5.25. The van der Waals surface area contributed by atoms with Gasteiger partial charge in [0.1, 0.15) is 5.69 Å². The van der Waals surface area contributed by atoms with E-state index >= 15 is 0 Å². The first-order chi connectivity index (χ1) is 14.7. The van der Waals surface area contributed by atoms with Gasteiger partial charge >= 0.3 is 0 Å². The van der Waals surface area contributed by atoms with Gasteiger partial charge in [0.15, 0.2) is 5.76 Å². The fourth-order valence-electron chi connectivity index (χ4n) is 2.92. The lowest BCUT2D eigenvalue weighted by atomic mass is 10.2. The molecule has 0 atom stereocenters. The molecule has 150 valence electrons. The fourth-order valence-corrected chi connectivity index (χ4v) is 3.77. The molecule has 8 heteroatoms. The molecule has 0 amide bonds. The summed E-state index contributed by atoms with van der Waals surface area (Å²) in [6.45, 7) is 0.600. The molecule has 0 saturated heterocycles. The van der Waals surface area contributed by atoms with Crippen LogP contribution in [0.2, 0.25) is 0 Å². The average Bonchev–Trinajstić information content (AvgIpc) is 3.43. The second-order valence-corrected chi connectivity index (χ2v) is 7.21. The number of nitro groups is 1. The predicted molar refractivity (Wildman–Crippen MR) is 117 cm³/mol. The first-order valence-corrected chi connectivity index (χ1v) is 10.2. The molecule has 0 saturated carbocycles. The van der Waals surface area contributed by atoms with E-state index < -0.39 is 4.92 Å². The van der Waals surface area contributed by atoms with Crippen molar-refractivity contribution < 1.29 is 9.34 Å². The number of rotatable bonds is 7. The monoisotopic (exact) mass is 418 g/mol. The Morgan fingerprint density at radius 1 is 1.07 bits per heavy atom. The number of nitro benzene ring substituents is 1. The first kappa shape index (κ1) is 19.5. The molecule has 2 aromatic heterocycles. The Kier molecular flexibility index (Phi) is 5.95. The third-order valence-electron chi connectivity index (χ3n) is 4.40. The van der Waals surface area contributed by atoms with Crippen molar-refractivity contribution in [2.75, 3.05) is 6.54 Å². The summed E-state index contributed by atoms with van der Waals surface area (Å²) >= 11 is 1.44. The summed E-state index contributed by atoms with van der Waals surface area (Å²) in [5.74, 6) is 0.649. The summed E-state index contributed by atoms with van der Waals surface area (Å²) in [6.07, 6.45) is 3.88. The van der Waals surface area contributed by atoms with Crippen molar-refractivity contribution in [1.29, 1.82) is 0 Å². The zero-order chi connectivity index (χ0) is 20.8. The molecule has 0 N–H and O–H groups in total. The van der Waals surface area contributed by atoms with Gasteiger partial charge in [0, 0.05) is 18.0 Å². The third kappa shape index (κ3) is 4.44. The van der Waals surface area contributed by atoms with Gasteiger partial charge in [-0.1, -0.05) is 42.5 Å². The largest absolute Gasteiger partial charge is 0.463 e. The van der Waals surface area contributed by atoms with Crippen LogP contribution >= 0.6 is 11.3 Å². The molecule has 0 fully saturated rings. The van der Waals surface area contributed by atoms with Crippen LogP contribution in [0.3, 0.4) is 0 Å². The van der Waals surface area contributed by atoms with Crippen molar-refractivity contribution in [1.82, 2.24) is 4.68 Å². The highest BCUT2D eigenvalue weighted by Crippen LogP contribution is 2.21. The van der Waals surface area contributed by atoms with Crippen molar-refractivity contribution >= 4 is 23.2 Å². The molecule has 4 rings (SSSR count). The van der Waals surface area contributed by atoms with Crippen molar-refractivity contribution in [3.05, 3.63) is 104 Å². The van der Waals surface area contributed by atoms with E-state index in [0.717, 1.165) is 12.1 Å². The molecule has 0 aliphatic heterocycles. The van der Waals surface area contributed by atoms with Gasteiger partial charge in [0.05, 0.1) is 23.0 Å². The van der Waals surface area contributed by atoms with E-state index in [-0.39, 0.29) is 5.69 Å². The Balaban J connectivity index is 1.69. The fraction of sp³-hybridized carbons (Fsp3) is 0.0909. The average molecular weight is 418 g/mol. The Hall–Kier alpha value is -3.78. The minimum atomic E-state index is -0.418. The maximum absolute atomic E-state index is 11.3. The number of hydrogen-bond acceptors (Lipinski definition) is 6. The van der Waals surface area contributed by atoms with Crippen LogP contribution in [0.4, 0.5) is 5.69 Å². The molecule has 0 bridgehead atoms. The summed E-state index contributed by atoms with van der Waals surface area (Å²) in [7, 11) is 0. The van der Waals surface area contributed by atoms with Gasteiger partial charge in [-0.2, -0.15) is 5.10 Å². The maximum atomic E-state index is 11.3. The number of nitrogens with zero attached hydrogens (tertiary/aromatic N) is 4. The maximum Gasteiger partial charge on any atom is 0.278 e. The van der Waals surface area contributed by atoms with E-state index in [1.54, 1.807) is 35.2 Å². The molecule has 2 aromatic carbocycles. The van der Waals surface area contributed by atoms with Gasteiger partial charge in [-0.3, -0.25) is 15.1 Å². The Morgan fingerprint density at radius 3 is 2.63 bits per heavy atom. The number of hydrogen-bond donors (Lipinski definition) is 0. The highest BCUT2D eigenvalue weighted by Gasteiger charge is 2.12. The van der Waals surface area contributed by atoms with Crippen molar-refractivity contribution in [2.45, 2.75) is 6.42 Å². The van der Waals surface area contributed by atoms with E-state index in [1.807, 2.05) is 29.6 Å². The summed E-state index contributed by atoms with van der Waals surface area (Å²) < 4.78 is 7.18. The highest BCUT2D eigenvalue weighted by atomic mass is 32.1. The number of benzene rings is 2. The SMILES string of the molecule is O=[N+]([O-])c1ccccc1C=Nn1c(-c2ccco2)csc1=NCCc1ccccc1. The van der Waals surface area contributed by atoms with Gasteiger partial charge in [-0.25, -0.2) is 4.68 Å². The highest BCUT2D eigenvalue weighted by molar-refractivity contribution is 7.07. The van der Waals surface area contributed by atoms with E-state index in [9.17, 15) is 10.1 Å². The summed E-state index contributed by atoms with van der Waals surface area (Å²) in [4.78, 5) is 16.2. The number of aromatic nitrogens is 1. The standard InChI is InChI=1S/C22H18N4O3S/c27-26(28)19-10-5-4-9-18(19)15-24-25-20(21-11-6-14-29-21)16-30-22(25)23-13-12-17-7-2-1-3-8-17/h1-11,14-16H,12-13H2. The number of thiazole rings is 1. The normalized spacial score (nSPS) is 11.9. The zero-order valence-corrected chi connectivity index (χ0v) is 16.7. The van der Waals surface area contributed by atoms with Crippen LogP contribution in [-0.2, 0) is 6.42 Å². The Morgan fingerprint density at radius 2 is 1.87 bits per heavy atom. The first-order valence-electron chi connectivity index (χ1n) is 9.29. The molecule has 0 unspecified atom stereocenters. The van der Waals surface area contributed by atoms with Crippen molar-refractivity contribution in [3.63, 3.8) is 0 Å². The topological polar surface area (TPSA) is 85.9 Å². The smallest absolute Gasteiger partial charge is 0.278 e. The molecule has 4 aromatic rings. The Labute approximate surface area is 176 Å². The van der Waals surface area contributed by atoms with Crippen molar-refractivity contribution in [3.8, 4) is 11.5 Å². The van der Waals surface area contributed by atoms with Crippen LogP contribution in [0.15, 0.2) is 92.9 Å². The molecule has 0 aliphatic carbocycles. The molecular formula is C22H18N4O3S. The quantitative estimate of drug-likeness (QED) is 0.247. The predicted octanol–water partition coefficient (Wildman–Crippen LogP) is 4.74. The molecular weight excluding hydrogens is 400 g/mol. The van der Waals surface area contributed by atoms with Gasteiger partial charge in [-0.15, -0.1) is 11.3 Å². The molecule has 30 heavy (non-hydrogen) atoms. The van der Waals surface area contributed by atoms with Gasteiger partial charge < -0.3 is 4.42 Å². The van der Waals surface area contributed by atoms with Crippen molar-refractivity contribution in [2.24, 2.45) is 10.1 Å². The lowest BCUT2D eigenvalue weighted by molar-refractivity contribution is -0.385. The van der Waals surface area contributed by atoms with E-state index in [1.165, 1.54) is 29.2 Å². The molecule has 0 radical (unpaired) electrons. The molecule has 0 aliphatic rings. The lowest BCUT2D eigenvalue weighted by Gasteiger charge is -2.01. The van der Waals surface area contributed by atoms with Crippen LogP contribution < -0.4 is 4.80 Å². The summed E-state index contributed by atoms with van der Waals surface area (Å²) in [5.41, 5.74) is 2.36. The summed E-state index contributed by atoms with van der Waals surface area (Å²) in [6, 6.07) is 20.3. The molecule has 0 spiro atoms. The van der Waals surface area contributed by atoms with E-state index in [0.29, 0.717) is 22.7 Å². The molecule has 2 heterocycles. The van der Waals surface area contributed by atoms with Gasteiger partial charge in [-0.05, 0) is 30.2 Å². The van der Waals surface area contributed by atoms with Crippen LogP contribution in [0.25, 0.3) is 11.5 Å². The summed E-state index contributed by atoms with van der Waals surface area (Å²) in [5, 5.41) is 17.7. The Bertz CT molecular complexity index is 1220. The van der Waals surface area contributed by atoms with Gasteiger partial charge in [0.2, 0.25) is 4.80 Å². The minimum Gasteiger partial charge on any atom is -0.463 e. The second kappa shape index (κ2) is 9.15. The number of furan rings is 1. The minimum absolute atomic E-state index is 0.000746. The van der Waals surface area contributed by atoms with Crippen LogP contribution in [0.1, 0.15) is 11.1 Å². The van der Waals surface area contributed by atoms with Crippen LogP contribution in [0, 0.1) is 10.1 Å². The van der Waals surface area contributed by atoms with E-state index in [2.05, 4.69) is 17.2 Å². The van der Waals surface area contributed by atoms with E-state index in [4.69, 9.17) is 9.41 Å². The van der Waals surface area contributed by atoms with Crippen LogP contribution in [0.5, 0.6) is 0 Å². The van der Waals surface area contributed by atoms with Crippen LogP contribution in [-0.4, -0.2) is 22.4 Å². The second-order valence-electron chi connectivity index (χ2n) is 6.37. The number of para-hydroxylation sites is 1. The lowest BCUT2D eigenvalue weighted by Crippen LogP contribution is -2.13. The molecule has 7 nitrogen and oxygen atoms in total. The van der Waals surface area contributed by atoms with Gasteiger partial charge in [0.25, 0.3) is 5.69 Å².